The van der Waals surface area contributed by atoms with Crippen LogP contribution in [0, 0.1) is 0 Å². The highest BCUT2D eigenvalue weighted by atomic mass is 79.9. The molecule has 1 N–H and O–H groups in total. The third-order valence-corrected chi connectivity index (χ3v) is 8.11. The Morgan fingerprint density at radius 3 is 2.18 bits per heavy atom. The summed E-state index contributed by atoms with van der Waals surface area (Å²) >= 11 is 4.01. The number of carbonyl (C=O) groups is 1. The summed E-state index contributed by atoms with van der Waals surface area (Å²) in [6.07, 6.45) is 5.80. The summed E-state index contributed by atoms with van der Waals surface area (Å²) in [4.78, 5) is 15.5. The molecule has 4 rings (SSSR count). The first-order valence-electron chi connectivity index (χ1n) is 12.6. The molecule has 2 fully saturated rings. The maximum atomic E-state index is 12.9. The monoisotopic (exact) mass is 529 g/mol. The molecule has 0 amide bonds. The molecule has 184 valence electrons. The van der Waals surface area contributed by atoms with Gasteiger partial charge in [0.05, 0.1) is 11.6 Å². The van der Waals surface area contributed by atoms with E-state index in [1.165, 1.54) is 5.56 Å². The van der Waals surface area contributed by atoms with Crippen LogP contribution < -0.4 is 0 Å². The number of aliphatic hydroxyl groups excluding tert-OH is 1. The molecule has 2 heterocycles. The van der Waals surface area contributed by atoms with Gasteiger partial charge in [0.2, 0.25) is 0 Å². The molecule has 2 aromatic rings. The van der Waals surface area contributed by atoms with Crippen molar-refractivity contribution < 1.29 is 19.4 Å². The zero-order valence-corrected chi connectivity index (χ0v) is 21.5. The molecule has 2 saturated heterocycles. The third-order valence-electron chi connectivity index (χ3n) is 7.16. The van der Waals surface area contributed by atoms with Crippen LogP contribution >= 0.6 is 15.9 Å². The van der Waals surface area contributed by atoms with Crippen LogP contribution in [0.15, 0.2) is 60.7 Å². The Balaban J connectivity index is 1.42. The molecule has 6 atom stereocenters. The summed E-state index contributed by atoms with van der Waals surface area (Å²) in [6.45, 7) is 2.67. The fourth-order valence-corrected chi connectivity index (χ4v) is 6.52. The first kappa shape index (κ1) is 25.4. The van der Waals surface area contributed by atoms with E-state index in [1.54, 1.807) is 0 Å². The summed E-state index contributed by atoms with van der Waals surface area (Å²) in [7, 11) is 0. The standard InChI is InChI=1S/C28H36BrNO4/c1-2-3-16-33-26(21-12-8-5-9-13-21)27(29)30-22-14-15-23(30)18-24(17-22)34-28(32)25(19-31)20-10-6-4-7-11-20/h4-13,22-27,31H,2-3,14-19H2,1H3/t22-,23+,24+,25?,26?,27?. The van der Waals surface area contributed by atoms with E-state index in [2.05, 4.69) is 52.0 Å². The number of rotatable bonds is 11. The normalized spacial score (nSPS) is 25.0. The van der Waals surface area contributed by atoms with Gasteiger partial charge in [-0.05, 0) is 30.4 Å². The number of aliphatic hydroxyl groups is 1. The van der Waals surface area contributed by atoms with Gasteiger partial charge in [-0.2, -0.15) is 0 Å². The van der Waals surface area contributed by atoms with E-state index in [0.717, 1.165) is 50.7 Å². The topological polar surface area (TPSA) is 59.0 Å². The summed E-state index contributed by atoms with van der Waals surface area (Å²) in [5.74, 6) is -0.956. The number of fused-ring (bicyclic) bond motifs is 2. The lowest BCUT2D eigenvalue weighted by Gasteiger charge is -2.43. The first-order chi connectivity index (χ1) is 16.6. The minimum Gasteiger partial charge on any atom is -0.462 e. The first-order valence-corrected chi connectivity index (χ1v) is 13.5. The van der Waals surface area contributed by atoms with E-state index >= 15 is 0 Å². The molecule has 0 aromatic heterocycles. The number of halogens is 1. The van der Waals surface area contributed by atoms with Crippen molar-refractivity contribution in [2.75, 3.05) is 13.2 Å². The van der Waals surface area contributed by atoms with Gasteiger partial charge in [0.15, 0.2) is 0 Å². The predicted octanol–water partition coefficient (Wildman–Crippen LogP) is 5.58. The zero-order valence-electron chi connectivity index (χ0n) is 19.9. The van der Waals surface area contributed by atoms with Crippen molar-refractivity contribution in [3.8, 4) is 0 Å². The zero-order chi connectivity index (χ0) is 23.9. The Morgan fingerprint density at radius 1 is 1.03 bits per heavy atom. The average molecular weight is 531 g/mol. The SMILES string of the molecule is CCCCOC(c1ccccc1)C(Br)N1[C@@H]2CC[C@H]1C[C@@H](OC(=O)C(CO)c1ccccc1)C2. The van der Waals surface area contributed by atoms with Crippen LogP contribution in [-0.4, -0.2) is 52.3 Å². The average Bonchev–Trinajstić information content (AvgIpc) is 3.13. The maximum Gasteiger partial charge on any atom is 0.316 e. The minimum atomic E-state index is -0.629. The van der Waals surface area contributed by atoms with Crippen molar-refractivity contribution >= 4 is 21.9 Å². The fourth-order valence-electron chi connectivity index (χ4n) is 5.40. The van der Waals surface area contributed by atoms with Crippen molar-refractivity contribution in [1.82, 2.24) is 4.90 Å². The van der Waals surface area contributed by atoms with E-state index in [9.17, 15) is 9.90 Å². The largest absolute Gasteiger partial charge is 0.462 e. The Morgan fingerprint density at radius 2 is 1.62 bits per heavy atom. The highest BCUT2D eigenvalue weighted by Gasteiger charge is 2.47. The highest BCUT2D eigenvalue weighted by molar-refractivity contribution is 9.09. The van der Waals surface area contributed by atoms with Gasteiger partial charge in [-0.25, -0.2) is 0 Å². The molecule has 2 bridgehead atoms. The predicted molar refractivity (Wildman–Crippen MR) is 137 cm³/mol. The van der Waals surface area contributed by atoms with Crippen molar-refractivity contribution in [3.05, 3.63) is 71.8 Å². The lowest BCUT2D eigenvalue weighted by atomic mass is 9.97. The second-order valence-corrected chi connectivity index (χ2v) is 10.4. The molecule has 2 aliphatic heterocycles. The van der Waals surface area contributed by atoms with Gasteiger partial charge in [-0.3, -0.25) is 9.69 Å². The van der Waals surface area contributed by atoms with Crippen LogP contribution in [0.1, 0.15) is 68.6 Å². The number of hydrogen-bond acceptors (Lipinski definition) is 5. The van der Waals surface area contributed by atoms with Crippen LogP contribution in [0.4, 0.5) is 0 Å². The van der Waals surface area contributed by atoms with Crippen molar-refractivity contribution in [2.24, 2.45) is 0 Å². The number of hydrogen-bond donors (Lipinski definition) is 1. The Bertz CT molecular complexity index is 882. The molecule has 34 heavy (non-hydrogen) atoms. The number of alkyl halides is 1. The van der Waals surface area contributed by atoms with Crippen molar-refractivity contribution in [1.29, 1.82) is 0 Å². The van der Waals surface area contributed by atoms with Gasteiger partial charge in [0.25, 0.3) is 0 Å². The molecule has 0 spiro atoms. The van der Waals surface area contributed by atoms with Crippen LogP contribution in [-0.2, 0) is 14.3 Å². The van der Waals surface area contributed by atoms with Gasteiger partial charge in [0, 0.05) is 31.5 Å². The van der Waals surface area contributed by atoms with Gasteiger partial charge < -0.3 is 14.6 Å². The lowest BCUT2D eigenvalue weighted by Crippen LogP contribution is -2.51. The molecule has 3 unspecified atom stereocenters. The number of benzene rings is 2. The van der Waals surface area contributed by atoms with Crippen LogP contribution in [0.25, 0.3) is 0 Å². The second-order valence-electron chi connectivity index (χ2n) is 9.44. The lowest BCUT2D eigenvalue weighted by molar-refractivity contribution is -0.156. The number of unbranched alkanes of at least 4 members (excludes halogenated alkanes) is 1. The maximum absolute atomic E-state index is 12.9. The number of piperidine rings is 1. The molecule has 5 nitrogen and oxygen atoms in total. The molecule has 0 saturated carbocycles. The molecule has 0 aliphatic carbocycles. The molecule has 2 aromatic carbocycles. The van der Waals surface area contributed by atoms with Gasteiger partial charge >= 0.3 is 5.97 Å². The summed E-state index contributed by atoms with van der Waals surface area (Å²) in [6, 6.07) is 20.5. The third kappa shape index (κ3) is 5.91. The number of nitrogens with zero attached hydrogens (tertiary/aromatic N) is 1. The van der Waals surface area contributed by atoms with E-state index in [4.69, 9.17) is 9.47 Å². The number of esters is 1. The summed E-state index contributed by atoms with van der Waals surface area (Å²) in [5, 5.41) is 9.84. The number of ether oxygens (including phenoxy) is 2. The quantitative estimate of drug-likeness (QED) is 0.178. The van der Waals surface area contributed by atoms with Crippen LogP contribution in [0.5, 0.6) is 0 Å². The van der Waals surface area contributed by atoms with E-state index in [0.29, 0.717) is 12.1 Å². The molecule has 2 aliphatic rings. The molecule has 6 heteroatoms. The minimum absolute atomic E-state index is 0.0493. The second kappa shape index (κ2) is 12.3. The summed E-state index contributed by atoms with van der Waals surface area (Å²) in [5.41, 5.74) is 1.98. The van der Waals surface area contributed by atoms with E-state index in [1.807, 2.05) is 36.4 Å². The van der Waals surface area contributed by atoms with Gasteiger partial charge in [-0.15, -0.1) is 0 Å². The Hall–Kier alpha value is -1.73. The van der Waals surface area contributed by atoms with Crippen molar-refractivity contribution in [3.63, 3.8) is 0 Å². The number of carbonyl (C=O) groups excluding carboxylic acids is 1. The van der Waals surface area contributed by atoms with Gasteiger partial charge in [0.1, 0.15) is 18.1 Å². The molecule has 0 radical (unpaired) electrons. The summed E-state index contributed by atoms with van der Waals surface area (Å²) < 4.78 is 12.4. The Labute approximate surface area is 211 Å². The van der Waals surface area contributed by atoms with E-state index < -0.39 is 5.92 Å². The van der Waals surface area contributed by atoms with Crippen LogP contribution in [0.3, 0.4) is 0 Å². The van der Waals surface area contributed by atoms with Crippen molar-refractivity contribution in [2.45, 2.75) is 80.6 Å². The highest BCUT2D eigenvalue weighted by Crippen LogP contribution is 2.43. The van der Waals surface area contributed by atoms with Crippen LogP contribution in [0.2, 0.25) is 0 Å². The fraction of sp³-hybridized carbons (Fsp3) is 0.536. The molecular weight excluding hydrogens is 494 g/mol. The van der Waals surface area contributed by atoms with Gasteiger partial charge in [-0.1, -0.05) is 89.9 Å². The van der Waals surface area contributed by atoms with E-state index in [-0.39, 0.29) is 29.7 Å². The smallest absolute Gasteiger partial charge is 0.316 e. The molecular formula is C28H36BrNO4. The Kier molecular flexibility index (Phi) is 9.17.